The summed E-state index contributed by atoms with van der Waals surface area (Å²) >= 11 is 0. The first-order chi connectivity index (χ1) is 17.1. The topological polar surface area (TPSA) is 79.2 Å². The molecule has 35 heavy (non-hydrogen) atoms. The zero-order chi connectivity index (χ0) is 25.4. The Morgan fingerprint density at radius 3 is 1.77 bits per heavy atom. The first kappa shape index (κ1) is 31.2. The first-order valence-electron chi connectivity index (χ1n) is 14.3. The number of rotatable bonds is 23. The predicted molar refractivity (Wildman–Crippen MR) is 145 cm³/mol. The van der Waals surface area contributed by atoms with Gasteiger partial charge in [0.05, 0.1) is 0 Å². The average Bonchev–Trinajstić information content (AvgIpc) is 2.88. The van der Waals surface area contributed by atoms with E-state index in [2.05, 4.69) is 12.2 Å². The fourth-order valence-corrected chi connectivity index (χ4v) is 4.21. The molecular formula is C30H51N2O3. The van der Waals surface area contributed by atoms with E-state index in [1.54, 1.807) is 0 Å². The zero-order valence-electron chi connectivity index (χ0n) is 22.3. The van der Waals surface area contributed by atoms with Gasteiger partial charge >= 0.3 is 5.97 Å². The van der Waals surface area contributed by atoms with Gasteiger partial charge in [-0.1, -0.05) is 134 Å². The highest BCUT2D eigenvalue weighted by molar-refractivity contribution is 5.82. The van der Waals surface area contributed by atoms with Crippen molar-refractivity contribution in [3.63, 3.8) is 0 Å². The maximum Gasteiger partial charge on any atom is 0.306 e. The number of hydrogen-bond donors (Lipinski definition) is 1. The van der Waals surface area contributed by atoms with E-state index >= 15 is 0 Å². The monoisotopic (exact) mass is 487 g/mol. The summed E-state index contributed by atoms with van der Waals surface area (Å²) in [4.78, 5) is 23.9. The smallest absolute Gasteiger partial charge is 0.306 e. The van der Waals surface area contributed by atoms with Crippen molar-refractivity contribution in [2.45, 2.75) is 135 Å². The van der Waals surface area contributed by atoms with Crippen LogP contribution in [0, 0.1) is 0 Å². The van der Waals surface area contributed by atoms with E-state index in [-0.39, 0.29) is 31.3 Å². The minimum atomic E-state index is -0.916. The highest BCUT2D eigenvalue weighted by Gasteiger charge is 2.16. The molecule has 199 valence electrons. The van der Waals surface area contributed by atoms with Gasteiger partial charge in [-0.2, -0.15) is 0 Å². The van der Waals surface area contributed by atoms with Crippen LogP contribution in [0.4, 0.5) is 0 Å². The van der Waals surface area contributed by atoms with Crippen LogP contribution < -0.4 is 11.1 Å². The van der Waals surface area contributed by atoms with Crippen molar-refractivity contribution >= 4 is 11.9 Å². The first-order valence-corrected chi connectivity index (χ1v) is 14.3. The van der Waals surface area contributed by atoms with Gasteiger partial charge in [0.15, 0.2) is 0 Å². The maximum absolute atomic E-state index is 12.0. The molecule has 0 saturated heterocycles. The number of ether oxygens (including phenoxy) is 1. The Hall–Kier alpha value is -1.88. The molecule has 0 spiro atoms. The van der Waals surface area contributed by atoms with Crippen molar-refractivity contribution < 1.29 is 14.3 Å². The van der Waals surface area contributed by atoms with Crippen LogP contribution in [0.1, 0.15) is 128 Å². The molecule has 1 amide bonds. The lowest BCUT2D eigenvalue weighted by molar-refractivity contribution is -0.145. The van der Waals surface area contributed by atoms with Crippen LogP contribution in [0.3, 0.4) is 0 Å². The molecule has 2 N–H and O–H groups in total. The number of nitrogens with one attached hydrogen (secondary N) is 2. The van der Waals surface area contributed by atoms with E-state index in [9.17, 15) is 9.59 Å². The van der Waals surface area contributed by atoms with Crippen molar-refractivity contribution in [3.8, 4) is 0 Å². The normalized spacial score (nSPS) is 11.8. The Bertz CT molecular complexity index is 636. The zero-order valence-corrected chi connectivity index (χ0v) is 22.3. The summed E-state index contributed by atoms with van der Waals surface area (Å²) in [5, 5.41) is 2.84. The van der Waals surface area contributed by atoms with Gasteiger partial charge in [-0.25, -0.2) is 5.73 Å². The lowest BCUT2D eigenvalue weighted by Gasteiger charge is -2.11. The molecule has 0 aliphatic heterocycles. The Labute approximate surface area is 215 Å². The van der Waals surface area contributed by atoms with Gasteiger partial charge in [-0.05, 0) is 18.4 Å². The number of amides is 1. The van der Waals surface area contributed by atoms with E-state index in [1.165, 1.54) is 89.9 Å². The van der Waals surface area contributed by atoms with Crippen LogP contribution in [0.15, 0.2) is 30.3 Å². The fraction of sp³-hybridized carbons (Fsp3) is 0.733. The molecule has 0 aliphatic carbocycles. The van der Waals surface area contributed by atoms with E-state index in [0.717, 1.165) is 18.4 Å². The standard InChI is InChI=1S/C30H51N2O3/c1-2-3-4-5-6-7-8-9-10-11-12-13-14-15-16-20-25-32-30(34)28(31)23-24-29(33)35-26-27-21-18-17-19-22-27/h17-19,21-22,28,31H,2-16,20,23-26H2,1H3,(H,32,34). The molecule has 1 aromatic rings. The van der Waals surface area contributed by atoms with E-state index < -0.39 is 6.04 Å². The number of esters is 1. The van der Waals surface area contributed by atoms with Gasteiger partial charge < -0.3 is 10.1 Å². The summed E-state index contributed by atoms with van der Waals surface area (Å²) in [6.07, 6.45) is 21.5. The largest absolute Gasteiger partial charge is 0.461 e. The van der Waals surface area contributed by atoms with Crippen molar-refractivity contribution in [2.75, 3.05) is 6.54 Å². The molecule has 5 heteroatoms. The average molecular weight is 488 g/mol. The quantitative estimate of drug-likeness (QED) is 0.128. The molecule has 0 aromatic heterocycles. The molecule has 0 aliphatic rings. The minimum Gasteiger partial charge on any atom is -0.461 e. The minimum absolute atomic E-state index is 0.0907. The van der Waals surface area contributed by atoms with Crippen molar-refractivity contribution in [2.24, 2.45) is 0 Å². The lowest BCUT2D eigenvalue weighted by atomic mass is 10.0. The molecular weight excluding hydrogens is 436 g/mol. The predicted octanol–water partition coefficient (Wildman–Crippen LogP) is 7.54. The van der Waals surface area contributed by atoms with E-state index in [1.807, 2.05) is 30.3 Å². The highest BCUT2D eigenvalue weighted by atomic mass is 16.5. The Morgan fingerprint density at radius 2 is 1.26 bits per heavy atom. The van der Waals surface area contributed by atoms with Gasteiger partial charge in [0, 0.05) is 13.0 Å². The maximum atomic E-state index is 12.0. The van der Waals surface area contributed by atoms with Crippen molar-refractivity contribution in [1.82, 2.24) is 11.1 Å². The molecule has 0 bridgehead atoms. The van der Waals surface area contributed by atoms with Gasteiger partial charge in [0.1, 0.15) is 12.6 Å². The van der Waals surface area contributed by atoms with E-state index in [4.69, 9.17) is 10.5 Å². The fourth-order valence-electron chi connectivity index (χ4n) is 4.21. The van der Waals surface area contributed by atoms with Crippen LogP contribution >= 0.6 is 0 Å². The second-order valence-electron chi connectivity index (χ2n) is 9.83. The van der Waals surface area contributed by atoms with Crippen LogP contribution in [0.5, 0.6) is 0 Å². The summed E-state index contributed by atoms with van der Waals surface area (Å²) in [6, 6.07) is 8.58. The molecule has 0 heterocycles. The highest BCUT2D eigenvalue weighted by Crippen LogP contribution is 2.13. The van der Waals surface area contributed by atoms with Crippen molar-refractivity contribution in [1.29, 1.82) is 0 Å². The molecule has 0 fully saturated rings. The lowest BCUT2D eigenvalue weighted by Crippen LogP contribution is -2.36. The third kappa shape index (κ3) is 19.0. The summed E-state index contributed by atoms with van der Waals surface area (Å²) in [5.74, 6) is -0.654. The van der Waals surface area contributed by atoms with Crippen LogP contribution in [0.2, 0.25) is 0 Å². The molecule has 1 aromatic carbocycles. The van der Waals surface area contributed by atoms with Gasteiger partial charge in [-0.15, -0.1) is 0 Å². The Balaban J connectivity index is 1.85. The van der Waals surface area contributed by atoms with Crippen LogP contribution in [0.25, 0.3) is 0 Å². The molecule has 1 unspecified atom stereocenters. The third-order valence-corrected chi connectivity index (χ3v) is 6.53. The van der Waals surface area contributed by atoms with Crippen LogP contribution in [-0.4, -0.2) is 24.5 Å². The molecule has 5 nitrogen and oxygen atoms in total. The SMILES string of the molecule is CCCCCCCCCCCCCCCCCCNC(=O)C([NH])CCC(=O)OCc1ccccc1. The Kier molecular flexibility index (Phi) is 20.1. The number of benzene rings is 1. The summed E-state index contributed by atoms with van der Waals surface area (Å²) in [7, 11) is 0. The van der Waals surface area contributed by atoms with Crippen molar-refractivity contribution in [3.05, 3.63) is 35.9 Å². The van der Waals surface area contributed by atoms with E-state index in [0.29, 0.717) is 6.54 Å². The second-order valence-corrected chi connectivity index (χ2v) is 9.83. The summed E-state index contributed by atoms with van der Waals surface area (Å²) in [5.41, 5.74) is 8.88. The molecule has 1 atom stereocenters. The van der Waals surface area contributed by atoms with Crippen LogP contribution in [-0.2, 0) is 20.9 Å². The van der Waals surface area contributed by atoms with Gasteiger partial charge in [-0.3, -0.25) is 9.59 Å². The summed E-state index contributed by atoms with van der Waals surface area (Å²) in [6.45, 7) is 3.12. The number of hydrogen-bond acceptors (Lipinski definition) is 3. The number of unbranched alkanes of at least 4 members (excludes halogenated alkanes) is 15. The number of carbonyl (C=O) groups excluding carboxylic acids is 2. The molecule has 0 saturated carbocycles. The third-order valence-electron chi connectivity index (χ3n) is 6.53. The van der Waals surface area contributed by atoms with Gasteiger partial charge in [0.2, 0.25) is 5.91 Å². The number of carbonyl (C=O) groups is 2. The molecule has 1 radical (unpaired) electrons. The Morgan fingerprint density at radius 1 is 0.771 bits per heavy atom. The second kappa shape index (κ2) is 22.6. The van der Waals surface area contributed by atoms with Gasteiger partial charge in [0.25, 0.3) is 0 Å². The summed E-state index contributed by atoms with van der Waals surface area (Å²) < 4.78 is 5.20. The molecule has 1 rings (SSSR count).